The SMILES string of the molecule is O=C([O-])CCCCCN1C(=O)C(=O)C(=C(O)c2ccc(F)cc2)[C@@H]1c1ccccc1. The summed E-state index contributed by atoms with van der Waals surface area (Å²) in [6.45, 7) is 0.234. The fourth-order valence-electron chi connectivity index (χ4n) is 3.58. The number of carbonyl (C=O) groups is 3. The molecule has 3 rings (SSSR count). The number of likely N-dealkylation sites (tertiary alicyclic amines) is 1. The lowest BCUT2D eigenvalue weighted by atomic mass is 9.95. The highest BCUT2D eigenvalue weighted by Gasteiger charge is 2.45. The molecule has 1 heterocycles. The van der Waals surface area contributed by atoms with Crippen molar-refractivity contribution >= 4 is 23.4 Å². The molecule has 7 heteroatoms. The van der Waals surface area contributed by atoms with Crippen LogP contribution in [0.3, 0.4) is 0 Å². The topological polar surface area (TPSA) is 97.7 Å². The summed E-state index contributed by atoms with van der Waals surface area (Å²) < 4.78 is 13.3. The summed E-state index contributed by atoms with van der Waals surface area (Å²) in [6, 6.07) is 13.1. The van der Waals surface area contributed by atoms with Gasteiger partial charge in [-0.2, -0.15) is 0 Å². The second kappa shape index (κ2) is 9.35. The Balaban J connectivity index is 1.94. The summed E-state index contributed by atoms with van der Waals surface area (Å²) in [5, 5.41) is 21.4. The molecule has 1 saturated heterocycles. The molecule has 2 aromatic carbocycles. The third kappa shape index (κ3) is 4.56. The number of aliphatic hydroxyl groups is 1. The molecule has 0 saturated carbocycles. The van der Waals surface area contributed by atoms with Gasteiger partial charge in [-0.3, -0.25) is 9.59 Å². The number of hydrogen-bond donors (Lipinski definition) is 1. The Labute approximate surface area is 173 Å². The summed E-state index contributed by atoms with van der Waals surface area (Å²) >= 11 is 0. The number of hydrogen-bond acceptors (Lipinski definition) is 5. The van der Waals surface area contributed by atoms with Gasteiger partial charge in [-0.25, -0.2) is 4.39 Å². The van der Waals surface area contributed by atoms with Crippen molar-refractivity contribution in [2.75, 3.05) is 6.54 Å². The first-order valence-corrected chi connectivity index (χ1v) is 9.69. The van der Waals surface area contributed by atoms with Gasteiger partial charge in [-0.1, -0.05) is 36.8 Å². The highest BCUT2D eigenvalue weighted by atomic mass is 19.1. The average molecular weight is 410 g/mol. The molecule has 0 aliphatic carbocycles. The monoisotopic (exact) mass is 410 g/mol. The van der Waals surface area contributed by atoms with E-state index in [4.69, 9.17) is 0 Å². The van der Waals surface area contributed by atoms with Gasteiger partial charge >= 0.3 is 0 Å². The van der Waals surface area contributed by atoms with Gasteiger partial charge in [0, 0.05) is 18.1 Å². The predicted molar refractivity (Wildman–Crippen MR) is 105 cm³/mol. The lowest BCUT2D eigenvalue weighted by Gasteiger charge is -2.25. The Hall–Kier alpha value is -3.48. The van der Waals surface area contributed by atoms with E-state index < -0.39 is 29.5 Å². The number of halogens is 1. The van der Waals surface area contributed by atoms with Gasteiger partial charge in [0.1, 0.15) is 11.6 Å². The Morgan fingerprint density at radius 3 is 2.30 bits per heavy atom. The number of amides is 1. The number of aliphatic hydroxyl groups excluding tert-OH is 1. The fraction of sp³-hybridized carbons (Fsp3) is 0.261. The van der Waals surface area contributed by atoms with Gasteiger partial charge in [0.15, 0.2) is 0 Å². The molecular weight excluding hydrogens is 389 g/mol. The smallest absolute Gasteiger partial charge is 0.295 e. The number of nitrogens with zero attached hydrogens (tertiary/aromatic N) is 1. The van der Waals surface area contributed by atoms with E-state index in [1.807, 2.05) is 0 Å². The molecule has 1 amide bonds. The Morgan fingerprint density at radius 2 is 1.67 bits per heavy atom. The standard InChI is InChI=1S/C23H22FNO5/c24-17-12-10-16(11-13-17)21(28)19-20(15-7-3-1-4-8-15)25(23(30)22(19)29)14-6-2-5-9-18(26)27/h1,3-4,7-8,10-13,20,28H,2,5-6,9,14H2,(H,26,27)/p-1/t20-/m0/s1. The Kier molecular flexibility index (Phi) is 6.61. The minimum Gasteiger partial charge on any atom is -0.550 e. The lowest BCUT2D eigenvalue weighted by molar-refractivity contribution is -0.305. The number of carbonyl (C=O) groups excluding carboxylic acids is 3. The van der Waals surface area contributed by atoms with E-state index in [9.17, 15) is 29.0 Å². The number of benzene rings is 2. The van der Waals surface area contributed by atoms with Crippen molar-refractivity contribution in [2.45, 2.75) is 31.7 Å². The number of carboxylic acid groups (broad SMARTS) is 1. The minimum atomic E-state index is -1.13. The number of carboxylic acids is 1. The maximum Gasteiger partial charge on any atom is 0.295 e. The van der Waals surface area contributed by atoms with Gasteiger partial charge in [-0.15, -0.1) is 0 Å². The molecule has 2 aromatic rings. The fourth-order valence-corrected chi connectivity index (χ4v) is 3.58. The van der Waals surface area contributed by atoms with Crippen LogP contribution in [0, 0.1) is 5.82 Å². The largest absolute Gasteiger partial charge is 0.550 e. The summed E-state index contributed by atoms with van der Waals surface area (Å²) in [5.74, 6) is -3.50. The van der Waals surface area contributed by atoms with E-state index in [-0.39, 0.29) is 29.9 Å². The molecule has 1 aliphatic rings. The number of Topliss-reactive ketones (excluding diaryl/α,β-unsaturated/α-hetero) is 1. The molecule has 30 heavy (non-hydrogen) atoms. The van der Waals surface area contributed by atoms with Gasteiger partial charge in [0.25, 0.3) is 11.7 Å². The first-order valence-electron chi connectivity index (χ1n) is 9.69. The second-order valence-corrected chi connectivity index (χ2v) is 7.09. The zero-order valence-corrected chi connectivity index (χ0v) is 16.2. The molecule has 1 N–H and O–H groups in total. The van der Waals surface area contributed by atoms with E-state index >= 15 is 0 Å². The van der Waals surface area contributed by atoms with Gasteiger partial charge in [0.2, 0.25) is 0 Å². The molecule has 1 fully saturated rings. The van der Waals surface area contributed by atoms with E-state index in [0.717, 1.165) is 0 Å². The quantitative estimate of drug-likeness (QED) is 0.312. The normalized spacial score (nSPS) is 18.0. The summed E-state index contributed by atoms with van der Waals surface area (Å²) in [4.78, 5) is 37.5. The molecule has 156 valence electrons. The molecular formula is C23H21FNO5-. The number of unbranched alkanes of at least 4 members (excludes halogenated alkanes) is 2. The maximum atomic E-state index is 13.3. The summed E-state index contributed by atoms with van der Waals surface area (Å²) in [7, 11) is 0. The van der Waals surface area contributed by atoms with E-state index in [2.05, 4.69) is 0 Å². The zero-order valence-electron chi connectivity index (χ0n) is 16.2. The molecule has 6 nitrogen and oxygen atoms in total. The number of ketones is 1. The molecule has 0 bridgehead atoms. The zero-order chi connectivity index (χ0) is 21.7. The highest BCUT2D eigenvalue weighted by molar-refractivity contribution is 6.46. The van der Waals surface area contributed by atoms with Crippen LogP contribution in [0.5, 0.6) is 0 Å². The van der Waals surface area contributed by atoms with Crippen molar-refractivity contribution < 1.29 is 29.0 Å². The van der Waals surface area contributed by atoms with Gasteiger partial charge < -0.3 is 19.9 Å². The van der Waals surface area contributed by atoms with Crippen molar-refractivity contribution in [3.05, 3.63) is 77.1 Å². The molecule has 0 unspecified atom stereocenters. The Bertz CT molecular complexity index is 969. The highest BCUT2D eigenvalue weighted by Crippen LogP contribution is 2.39. The van der Waals surface area contributed by atoms with E-state index in [0.29, 0.717) is 24.8 Å². The molecule has 1 aliphatic heterocycles. The van der Waals surface area contributed by atoms with Gasteiger partial charge in [-0.05, 0) is 49.1 Å². The van der Waals surface area contributed by atoms with Crippen LogP contribution < -0.4 is 5.11 Å². The maximum absolute atomic E-state index is 13.3. The van der Waals surface area contributed by atoms with Crippen molar-refractivity contribution in [2.24, 2.45) is 0 Å². The van der Waals surface area contributed by atoms with Gasteiger partial charge in [0.05, 0.1) is 11.6 Å². The van der Waals surface area contributed by atoms with Crippen LogP contribution in [0.25, 0.3) is 5.76 Å². The van der Waals surface area contributed by atoms with Crippen molar-refractivity contribution in [3.63, 3.8) is 0 Å². The van der Waals surface area contributed by atoms with Crippen LogP contribution in [0.4, 0.5) is 4.39 Å². The van der Waals surface area contributed by atoms with Crippen LogP contribution in [-0.2, 0) is 14.4 Å². The van der Waals surface area contributed by atoms with Crippen LogP contribution in [0.1, 0.15) is 42.9 Å². The van der Waals surface area contributed by atoms with Crippen LogP contribution in [0.2, 0.25) is 0 Å². The molecule has 0 aromatic heterocycles. The third-order valence-electron chi connectivity index (χ3n) is 5.05. The minimum absolute atomic E-state index is 0.0486. The Morgan fingerprint density at radius 1 is 1.00 bits per heavy atom. The lowest BCUT2D eigenvalue weighted by Crippen LogP contribution is -2.30. The van der Waals surface area contributed by atoms with Crippen molar-refractivity contribution in [1.29, 1.82) is 0 Å². The third-order valence-corrected chi connectivity index (χ3v) is 5.05. The van der Waals surface area contributed by atoms with E-state index in [1.165, 1.54) is 29.2 Å². The predicted octanol–water partition coefficient (Wildman–Crippen LogP) is 2.56. The molecule has 1 atom stereocenters. The molecule has 0 spiro atoms. The summed E-state index contributed by atoms with van der Waals surface area (Å²) in [5.41, 5.74) is 0.854. The number of rotatable bonds is 8. The van der Waals surface area contributed by atoms with Crippen LogP contribution in [-0.4, -0.2) is 34.2 Å². The van der Waals surface area contributed by atoms with Crippen LogP contribution in [0.15, 0.2) is 60.2 Å². The van der Waals surface area contributed by atoms with Crippen molar-refractivity contribution in [1.82, 2.24) is 4.90 Å². The van der Waals surface area contributed by atoms with E-state index in [1.54, 1.807) is 30.3 Å². The first kappa shape index (κ1) is 21.2. The average Bonchev–Trinajstić information content (AvgIpc) is 2.99. The molecule has 0 radical (unpaired) electrons. The number of aliphatic carboxylic acids is 1. The van der Waals surface area contributed by atoms with Crippen molar-refractivity contribution in [3.8, 4) is 0 Å². The summed E-state index contributed by atoms with van der Waals surface area (Å²) in [6.07, 6.45) is 1.40. The van der Waals surface area contributed by atoms with Crippen LogP contribution >= 0.6 is 0 Å². The second-order valence-electron chi connectivity index (χ2n) is 7.09. The first-order chi connectivity index (χ1) is 14.4.